The Balaban J connectivity index is 0.906. The van der Waals surface area contributed by atoms with Gasteiger partial charge in [0.2, 0.25) is 0 Å². The normalized spacial score (nSPS) is 50.4. The lowest BCUT2D eigenvalue weighted by Crippen LogP contribution is -2.67. The number of rotatable bonds is 12. The fourth-order valence-corrected chi connectivity index (χ4v) is 16.7. The molecule has 0 aromatic heterocycles. The van der Waals surface area contributed by atoms with E-state index in [0.717, 1.165) is 50.2 Å². The summed E-state index contributed by atoms with van der Waals surface area (Å²) in [5, 5.41) is 98.1. The van der Waals surface area contributed by atoms with Gasteiger partial charge < -0.3 is 88.6 Å². The van der Waals surface area contributed by atoms with E-state index in [4.69, 9.17) is 42.6 Å². The molecule has 19 heteroatoms. The first-order chi connectivity index (χ1) is 34.9. The van der Waals surface area contributed by atoms with E-state index < -0.39 is 122 Å². The van der Waals surface area contributed by atoms with Crippen LogP contribution in [0.2, 0.25) is 0 Å². The Morgan fingerprint density at radius 1 is 0.770 bits per heavy atom. The van der Waals surface area contributed by atoms with Crippen molar-refractivity contribution < 1.29 is 93.4 Å². The van der Waals surface area contributed by atoms with Crippen LogP contribution in [0.15, 0.2) is 42.0 Å². The second-order valence-electron chi connectivity index (χ2n) is 24.8. The predicted molar refractivity (Wildman–Crippen MR) is 260 cm³/mol. The molecular formula is C55H80O19. The van der Waals surface area contributed by atoms with Crippen LogP contribution in [-0.4, -0.2) is 182 Å². The van der Waals surface area contributed by atoms with Crippen molar-refractivity contribution in [2.75, 3.05) is 26.4 Å². The molecule has 0 amide bonds. The van der Waals surface area contributed by atoms with E-state index in [9.17, 15) is 50.8 Å². The van der Waals surface area contributed by atoms with Crippen LogP contribution in [0.1, 0.15) is 105 Å². The summed E-state index contributed by atoms with van der Waals surface area (Å²) in [4.78, 5) is 13.3. The molecule has 24 atom stereocenters. The van der Waals surface area contributed by atoms with E-state index in [1.165, 1.54) is 18.2 Å². The number of benzene rings is 1. The first kappa shape index (κ1) is 54.7. The number of aliphatic hydroxyl groups is 8. The van der Waals surface area contributed by atoms with Gasteiger partial charge in [0.25, 0.3) is 0 Å². The Morgan fingerprint density at radius 2 is 1.45 bits per heavy atom. The third-order valence-corrected chi connectivity index (χ3v) is 19.9. The maximum absolute atomic E-state index is 13.3. The van der Waals surface area contributed by atoms with Crippen LogP contribution in [0.25, 0.3) is 6.08 Å². The Labute approximate surface area is 432 Å². The highest BCUT2D eigenvalue weighted by atomic mass is 16.8. The zero-order chi connectivity index (χ0) is 53.1. The van der Waals surface area contributed by atoms with Crippen LogP contribution in [0, 0.1) is 45.3 Å². The molecule has 9 N–H and O–H groups in total. The van der Waals surface area contributed by atoms with E-state index in [2.05, 4.69) is 47.6 Å². The molecule has 4 aliphatic carbocycles. The number of hydrogen-bond acceptors (Lipinski definition) is 19. The molecule has 1 aromatic carbocycles. The number of carbonyl (C=O) groups is 1. The van der Waals surface area contributed by atoms with E-state index >= 15 is 0 Å². The summed E-state index contributed by atoms with van der Waals surface area (Å²) in [6, 6.07) is 5.98. The summed E-state index contributed by atoms with van der Waals surface area (Å²) in [6.07, 6.45) is -9.83. The van der Waals surface area contributed by atoms with Crippen LogP contribution < -0.4 is 0 Å². The third-order valence-electron chi connectivity index (χ3n) is 19.9. The minimum absolute atomic E-state index is 0.0220. The summed E-state index contributed by atoms with van der Waals surface area (Å²) >= 11 is 0. The maximum Gasteiger partial charge on any atom is 0.331 e. The molecule has 0 radical (unpaired) electrons. The third kappa shape index (κ3) is 8.94. The largest absolute Gasteiger partial charge is 0.508 e. The highest BCUT2D eigenvalue weighted by Crippen LogP contribution is 2.80. The van der Waals surface area contributed by atoms with Crippen LogP contribution >= 0.6 is 0 Å². The molecule has 10 rings (SSSR count). The van der Waals surface area contributed by atoms with E-state index in [0.29, 0.717) is 30.9 Å². The number of aliphatic hydroxyl groups excluding tert-OH is 7. The van der Waals surface area contributed by atoms with Crippen LogP contribution in [0.3, 0.4) is 0 Å². The molecule has 4 saturated carbocycles. The molecule has 9 aliphatic rings. The van der Waals surface area contributed by atoms with Crippen molar-refractivity contribution in [3.05, 3.63) is 47.6 Å². The fourth-order valence-electron chi connectivity index (χ4n) is 16.7. The number of aromatic hydroxyl groups is 1. The minimum atomic E-state index is -1.85. The Kier molecular flexibility index (Phi) is 14.7. The van der Waals surface area contributed by atoms with Gasteiger partial charge in [0.1, 0.15) is 60.7 Å². The van der Waals surface area contributed by atoms with Gasteiger partial charge in [-0.1, -0.05) is 51.5 Å². The number of hydrogen-bond donors (Lipinski definition) is 9. The molecule has 5 heterocycles. The lowest BCUT2D eigenvalue weighted by Gasteiger charge is -2.70. The van der Waals surface area contributed by atoms with Crippen LogP contribution in [0.5, 0.6) is 5.75 Å². The lowest BCUT2D eigenvalue weighted by molar-refractivity contribution is -0.375. The van der Waals surface area contributed by atoms with Crippen molar-refractivity contribution in [2.24, 2.45) is 45.3 Å². The average Bonchev–Trinajstić information content (AvgIpc) is 3.97. The van der Waals surface area contributed by atoms with Gasteiger partial charge in [-0.2, -0.15) is 0 Å². The van der Waals surface area contributed by atoms with Crippen LogP contribution in [0.4, 0.5) is 0 Å². The zero-order valence-electron chi connectivity index (χ0n) is 43.6. The highest BCUT2D eigenvalue weighted by Gasteiger charge is 2.81. The van der Waals surface area contributed by atoms with Gasteiger partial charge in [-0.25, -0.2) is 4.79 Å². The van der Waals surface area contributed by atoms with Gasteiger partial charge >= 0.3 is 5.97 Å². The standard InChI is InChI=1S/C55H80O19/c1-27(2)20-30-21-53(7,65)46-31-13-14-36-51(5)18-17-37(50(3,4)35(51)16-19-52(36,6)54(31)25-55(46,74-30)67-26-54)70-48-45(73-47-42(64)40(62)34(23-57)68-47)43(32(59)24-66-48)72-49-44(41(63)39(61)33(22-56)69-49)71-38(60)15-10-28-8-11-29(58)12-9-28/h8-12,15,20,30-37,39-49,56-59,61-65H,13-14,16-19,21-26H2,1-7H3/t30-,31+,32-,33+,34-,35-,36+,37-,39+,40-,41-,42+,43-,44+,45+,46-,47-,48-,49-,51-,52+,53-,54-,55-/m0/s1. The second kappa shape index (κ2) is 19.9. The number of esters is 1. The summed E-state index contributed by atoms with van der Waals surface area (Å²) in [5.74, 6) is -1.14. The van der Waals surface area contributed by atoms with Gasteiger partial charge in [-0.3, -0.25) is 0 Å². The molecule has 0 unspecified atom stereocenters. The average molecular weight is 1050 g/mol. The molecule has 414 valence electrons. The van der Waals surface area contributed by atoms with E-state index in [-0.39, 0.29) is 52.5 Å². The van der Waals surface area contributed by atoms with Crippen molar-refractivity contribution >= 4 is 12.0 Å². The summed E-state index contributed by atoms with van der Waals surface area (Å²) < 4.78 is 57.4. The number of fused-ring (bicyclic) bond motifs is 4. The number of phenols is 1. The molecule has 5 saturated heterocycles. The van der Waals surface area contributed by atoms with Gasteiger partial charge in [-0.05, 0) is 117 Å². The smallest absolute Gasteiger partial charge is 0.331 e. The molecule has 9 fully saturated rings. The van der Waals surface area contributed by atoms with Gasteiger partial charge in [0, 0.05) is 30.3 Å². The van der Waals surface area contributed by atoms with Crippen molar-refractivity contribution in [1.82, 2.24) is 0 Å². The monoisotopic (exact) mass is 1040 g/mol. The number of allylic oxidation sites excluding steroid dienone is 1. The van der Waals surface area contributed by atoms with Crippen molar-refractivity contribution in [3.63, 3.8) is 0 Å². The summed E-state index contributed by atoms with van der Waals surface area (Å²) in [7, 11) is 0. The maximum atomic E-state index is 13.3. The van der Waals surface area contributed by atoms with Crippen LogP contribution in [-0.2, 0) is 47.4 Å². The first-order valence-electron chi connectivity index (χ1n) is 26.8. The zero-order valence-corrected chi connectivity index (χ0v) is 43.6. The number of ether oxygens (including phenoxy) is 9. The lowest BCUT2D eigenvalue weighted by atomic mass is 9.35. The second-order valence-corrected chi connectivity index (χ2v) is 24.8. The Morgan fingerprint density at radius 3 is 2.14 bits per heavy atom. The number of phenolic OH excluding ortho intramolecular Hbond substituents is 1. The highest BCUT2D eigenvalue weighted by molar-refractivity contribution is 5.87. The molecule has 2 spiro atoms. The van der Waals surface area contributed by atoms with Gasteiger partial charge in [-0.15, -0.1) is 0 Å². The van der Waals surface area contributed by atoms with Gasteiger partial charge in [0.15, 0.2) is 30.8 Å². The molecule has 2 bridgehead atoms. The van der Waals surface area contributed by atoms with E-state index in [1.807, 2.05) is 6.92 Å². The fraction of sp³-hybridized carbons (Fsp3) is 0.800. The first-order valence-corrected chi connectivity index (χ1v) is 26.8. The predicted octanol–water partition coefficient (Wildman–Crippen LogP) is 2.58. The topological polar surface area (TPSA) is 282 Å². The summed E-state index contributed by atoms with van der Waals surface area (Å²) in [5.41, 5.74) is -0.128. The van der Waals surface area contributed by atoms with E-state index in [1.54, 1.807) is 12.1 Å². The van der Waals surface area contributed by atoms with Crippen molar-refractivity contribution in [1.29, 1.82) is 0 Å². The Bertz CT molecular complexity index is 2250. The molecule has 74 heavy (non-hydrogen) atoms. The molecule has 1 aromatic rings. The Hall–Kier alpha value is -2.67. The molecule has 5 aliphatic heterocycles. The van der Waals surface area contributed by atoms with Gasteiger partial charge in [0.05, 0.1) is 44.2 Å². The molecular weight excluding hydrogens is 965 g/mol. The quantitative estimate of drug-likeness (QED) is 0.0630. The molecule has 19 nitrogen and oxygen atoms in total. The summed E-state index contributed by atoms with van der Waals surface area (Å²) in [6.45, 7) is 14.3. The SMILES string of the molecule is CC(C)=C[C@H]1C[C@](C)(O)[C@@H]2[C@H]3CC[C@@H]4[C@@]5(C)CC[C@H](O[C@@H]6OC[C@H](O)[C@H](O[C@@H]7O[C@H](CO)[C@@H](O)[C@H](O)[C@H]7OC(=O)C=Cc7ccc(O)cc7)[C@H]6O[C@@H]6O[C@@H](CO)[C@H](O)[C@H]6O)C(C)(C)[C@@H]5CC[C@@]4(C)[C@@]34CO[C@@]2(C4)O1. The number of carbonyl (C=O) groups excluding carboxylic acids is 1. The van der Waals surface area contributed by atoms with Crippen molar-refractivity contribution in [3.8, 4) is 5.75 Å². The minimum Gasteiger partial charge on any atom is -0.508 e. The van der Waals surface area contributed by atoms with Crippen molar-refractivity contribution in [2.45, 2.75) is 203 Å².